The predicted molar refractivity (Wildman–Crippen MR) is 82.7 cm³/mol. The minimum absolute atomic E-state index is 0.666. The van der Waals surface area contributed by atoms with E-state index < -0.39 is 0 Å². The Morgan fingerprint density at radius 2 is 2.16 bits per heavy atom. The van der Waals surface area contributed by atoms with Crippen LogP contribution >= 0.6 is 15.9 Å². The van der Waals surface area contributed by atoms with Gasteiger partial charge < -0.3 is 14.8 Å². The van der Waals surface area contributed by atoms with Crippen LogP contribution in [0.5, 0.6) is 5.75 Å². The van der Waals surface area contributed by atoms with Crippen LogP contribution in [-0.4, -0.2) is 26.9 Å². The van der Waals surface area contributed by atoms with Crippen LogP contribution in [-0.2, 0) is 11.3 Å². The molecule has 0 amide bonds. The van der Waals surface area contributed by atoms with Gasteiger partial charge in [-0.05, 0) is 40.5 Å². The third kappa shape index (κ3) is 6.76. The summed E-state index contributed by atoms with van der Waals surface area (Å²) in [5, 5.41) is 3.31. The highest BCUT2D eigenvalue weighted by Crippen LogP contribution is 2.26. The standard InChI is InChI=1S/C15H22BrNO2/c1-12(2)6-8-19-15-5-4-13(10-14(15)16)11-17-7-9-18-3/h4-5,10,17H,1,6-9,11H2,2-3H3. The Kier molecular flexibility index (Phi) is 7.79. The smallest absolute Gasteiger partial charge is 0.133 e. The molecule has 0 bridgehead atoms. The van der Waals surface area contributed by atoms with Crippen molar-refractivity contribution in [3.05, 3.63) is 40.4 Å². The Hall–Kier alpha value is -0.840. The lowest BCUT2D eigenvalue weighted by Gasteiger charge is -2.10. The summed E-state index contributed by atoms with van der Waals surface area (Å²) in [6, 6.07) is 6.15. The first-order valence-electron chi connectivity index (χ1n) is 6.38. The van der Waals surface area contributed by atoms with Crippen molar-refractivity contribution in [2.75, 3.05) is 26.9 Å². The minimum Gasteiger partial charge on any atom is -0.492 e. The van der Waals surface area contributed by atoms with Crippen LogP contribution in [0, 0.1) is 0 Å². The number of ether oxygens (including phenoxy) is 2. The molecule has 0 radical (unpaired) electrons. The third-order valence-corrected chi connectivity index (χ3v) is 3.21. The van der Waals surface area contributed by atoms with Gasteiger partial charge in [-0.2, -0.15) is 0 Å². The molecule has 1 rings (SSSR count). The Bertz CT molecular complexity index is 407. The highest BCUT2D eigenvalue weighted by molar-refractivity contribution is 9.10. The van der Waals surface area contributed by atoms with Gasteiger partial charge in [-0.15, -0.1) is 6.58 Å². The van der Waals surface area contributed by atoms with E-state index in [-0.39, 0.29) is 0 Å². The molecule has 19 heavy (non-hydrogen) atoms. The summed E-state index contributed by atoms with van der Waals surface area (Å²) in [5.41, 5.74) is 2.35. The van der Waals surface area contributed by atoms with E-state index in [0.717, 1.165) is 41.9 Å². The minimum atomic E-state index is 0.666. The summed E-state index contributed by atoms with van der Waals surface area (Å²) in [6.45, 7) is 8.94. The number of hydrogen-bond donors (Lipinski definition) is 1. The largest absolute Gasteiger partial charge is 0.492 e. The maximum absolute atomic E-state index is 5.70. The highest BCUT2D eigenvalue weighted by Gasteiger charge is 2.02. The molecule has 0 atom stereocenters. The number of methoxy groups -OCH3 is 1. The average molecular weight is 328 g/mol. The molecule has 0 aliphatic carbocycles. The van der Waals surface area contributed by atoms with Crippen molar-refractivity contribution in [2.45, 2.75) is 19.9 Å². The molecule has 4 heteroatoms. The summed E-state index contributed by atoms with van der Waals surface area (Å²) >= 11 is 3.54. The van der Waals surface area contributed by atoms with Crippen molar-refractivity contribution in [1.29, 1.82) is 0 Å². The molecule has 0 spiro atoms. The van der Waals surface area contributed by atoms with Crippen LogP contribution in [0.15, 0.2) is 34.8 Å². The number of rotatable bonds is 9. The van der Waals surface area contributed by atoms with Crippen LogP contribution in [0.25, 0.3) is 0 Å². The summed E-state index contributed by atoms with van der Waals surface area (Å²) in [4.78, 5) is 0. The van der Waals surface area contributed by atoms with Gasteiger partial charge in [0.05, 0.1) is 17.7 Å². The monoisotopic (exact) mass is 327 g/mol. The van der Waals surface area contributed by atoms with Crippen LogP contribution in [0.1, 0.15) is 18.9 Å². The van der Waals surface area contributed by atoms with Gasteiger partial charge in [0.15, 0.2) is 0 Å². The van der Waals surface area contributed by atoms with E-state index in [4.69, 9.17) is 9.47 Å². The number of halogens is 1. The van der Waals surface area contributed by atoms with Crippen molar-refractivity contribution >= 4 is 15.9 Å². The Labute approximate surface area is 124 Å². The molecule has 3 nitrogen and oxygen atoms in total. The van der Waals surface area contributed by atoms with Gasteiger partial charge in [0.25, 0.3) is 0 Å². The molecule has 1 aromatic rings. The molecule has 0 heterocycles. The van der Waals surface area contributed by atoms with Gasteiger partial charge in [0, 0.05) is 26.6 Å². The fourth-order valence-electron chi connectivity index (χ4n) is 1.51. The molecule has 0 saturated heterocycles. The molecule has 1 N–H and O–H groups in total. The van der Waals surface area contributed by atoms with Crippen molar-refractivity contribution in [1.82, 2.24) is 5.32 Å². The van der Waals surface area contributed by atoms with E-state index in [1.807, 2.05) is 13.0 Å². The number of hydrogen-bond acceptors (Lipinski definition) is 3. The maximum atomic E-state index is 5.70. The Balaban J connectivity index is 2.42. The molecule has 0 unspecified atom stereocenters. The first kappa shape index (κ1) is 16.2. The van der Waals surface area contributed by atoms with Gasteiger partial charge >= 0.3 is 0 Å². The summed E-state index contributed by atoms with van der Waals surface area (Å²) in [5.74, 6) is 0.877. The predicted octanol–water partition coefficient (Wildman–Crippen LogP) is 3.53. The highest BCUT2D eigenvalue weighted by atomic mass is 79.9. The van der Waals surface area contributed by atoms with E-state index in [1.54, 1.807) is 7.11 Å². The lowest BCUT2D eigenvalue weighted by Crippen LogP contribution is -2.18. The molecular weight excluding hydrogens is 306 g/mol. The van der Waals surface area contributed by atoms with Crippen LogP contribution < -0.4 is 10.1 Å². The van der Waals surface area contributed by atoms with E-state index in [1.165, 1.54) is 5.56 Å². The van der Waals surface area contributed by atoms with Crippen LogP contribution in [0.3, 0.4) is 0 Å². The molecule has 0 fully saturated rings. The first-order chi connectivity index (χ1) is 9.13. The zero-order valence-corrected chi connectivity index (χ0v) is 13.3. The SMILES string of the molecule is C=C(C)CCOc1ccc(CNCCOC)cc1Br. The van der Waals surface area contributed by atoms with Gasteiger partial charge in [-0.1, -0.05) is 11.6 Å². The second-order valence-corrected chi connectivity index (χ2v) is 5.34. The van der Waals surface area contributed by atoms with Gasteiger partial charge in [-0.25, -0.2) is 0 Å². The van der Waals surface area contributed by atoms with Crippen LogP contribution in [0.4, 0.5) is 0 Å². The first-order valence-corrected chi connectivity index (χ1v) is 7.18. The lowest BCUT2D eigenvalue weighted by molar-refractivity contribution is 0.199. The number of benzene rings is 1. The van der Waals surface area contributed by atoms with Gasteiger partial charge in [0.1, 0.15) is 5.75 Å². The van der Waals surface area contributed by atoms with E-state index in [9.17, 15) is 0 Å². The lowest BCUT2D eigenvalue weighted by atomic mass is 10.2. The second-order valence-electron chi connectivity index (χ2n) is 4.49. The zero-order valence-electron chi connectivity index (χ0n) is 11.7. The summed E-state index contributed by atoms with van der Waals surface area (Å²) < 4.78 is 11.7. The quantitative estimate of drug-likeness (QED) is 0.556. The molecule has 1 aromatic carbocycles. The van der Waals surface area contributed by atoms with E-state index in [0.29, 0.717) is 6.61 Å². The molecule has 0 aliphatic rings. The van der Waals surface area contributed by atoms with Crippen molar-refractivity contribution in [2.24, 2.45) is 0 Å². The normalized spacial score (nSPS) is 10.5. The van der Waals surface area contributed by atoms with Crippen molar-refractivity contribution in [3.63, 3.8) is 0 Å². The van der Waals surface area contributed by atoms with E-state index in [2.05, 4.69) is 40.0 Å². The fraction of sp³-hybridized carbons (Fsp3) is 0.467. The second kappa shape index (κ2) is 9.13. The Morgan fingerprint density at radius 3 is 2.79 bits per heavy atom. The third-order valence-electron chi connectivity index (χ3n) is 2.59. The topological polar surface area (TPSA) is 30.5 Å². The average Bonchev–Trinajstić information content (AvgIpc) is 2.37. The molecule has 0 saturated carbocycles. The summed E-state index contributed by atoms with van der Waals surface area (Å²) in [6.07, 6.45) is 0.882. The van der Waals surface area contributed by atoms with Crippen LogP contribution in [0.2, 0.25) is 0 Å². The van der Waals surface area contributed by atoms with E-state index >= 15 is 0 Å². The molecular formula is C15H22BrNO2. The zero-order chi connectivity index (χ0) is 14.1. The Morgan fingerprint density at radius 1 is 1.37 bits per heavy atom. The van der Waals surface area contributed by atoms with Gasteiger partial charge in [0.2, 0.25) is 0 Å². The van der Waals surface area contributed by atoms with Crippen molar-refractivity contribution < 1.29 is 9.47 Å². The fourth-order valence-corrected chi connectivity index (χ4v) is 2.05. The molecule has 0 aromatic heterocycles. The van der Waals surface area contributed by atoms with Gasteiger partial charge in [-0.3, -0.25) is 0 Å². The molecule has 106 valence electrons. The maximum Gasteiger partial charge on any atom is 0.133 e. The summed E-state index contributed by atoms with van der Waals surface area (Å²) in [7, 11) is 1.70. The molecule has 0 aliphatic heterocycles. The van der Waals surface area contributed by atoms with Crippen molar-refractivity contribution in [3.8, 4) is 5.75 Å². The number of nitrogens with one attached hydrogen (secondary N) is 1.